The van der Waals surface area contributed by atoms with E-state index in [0.717, 1.165) is 60.3 Å². The van der Waals surface area contributed by atoms with Crippen LogP contribution in [0.2, 0.25) is 0 Å². The molecule has 1 aliphatic rings. The summed E-state index contributed by atoms with van der Waals surface area (Å²) in [6.07, 6.45) is 4.63. The van der Waals surface area contributed by atoms with Crippen LogP contribution in [0.1, 0.15) is 27.0 Å². The number of carbonyl (C=O) groups excluding carboxylic acids is 1. The number of rotatable bonds is 6. The lowest BCUT2D eigenvalue weighted by molar-refractivity contribution is 0.112. The van der Waals surface area contributed by atoms with Crippen molar-refractivity contribution in [3.05, 3.63) is 101 Å². The van der Waals surface area contributed by atoms with Crippen LogP contribution in [0.25, 0.3) is 11.1 Å². The molecular formula is C31H35FN8O. The van der Waals surface area contributed by atoms with Crippen molar-refractivity contribution in [2.45, 2.75) is 6.42 Å². The van der Waals surface area contributed by atoms with Crippen molar-refractivity contribution in [1.82, 2.24) is 14.9 Å². The molecule has 0 unspecified atom stereocenters. The first-order valence-corrected chi connectivity index (χ1v) is 13.2. The molecule has 1 fully saturated rings. The minimum absolute atomic E-state index is 0.187. The number of carbonyl (C=O) groups is 1. The lowest BCUT2D eigenvalue weighted by Gasteiger charge is -2.34. The third-order valence-corrected chi connectivity index (χ3v) is 6.96. The normalized spacial score (nSPS) is 13.8. The van der Waals surface area contributed by atoms with Gasteiger partial charge < -0.3 is 27.0 Å². The quantitative estimate of drug-likeness (QED) is 0.142. The number of hydrogen-bond acceptors (Lipinski definition) is 8. The van der Waals surface area contributed by atoms with Crippen LogP contribution in [0, 0.1) is 5.82 Å². The Kier molecular flexibility index (Phi) is 9.60. The van der Waals surface area contributed by atoms with Crippen LogP contribution in [0.4, 0.5) is 21.7 Å². The van der Waals surface area contributed by atoms with E-state index in [-0.39, 0.29) is 11.8 Å². The molecule has 9 nitrogen and oxygen atoms in total. The lowest BCUT2D eigenvalue weighted by Crippen LogP contribution is -2.44. The molecule has 5 rings (SSSR count). The first kappa shape index (κ1) is 29.2. The Labute approximate surface area is 239 Å². The second kappa shape index (κ2) is 13.5. The summed E-state index contributed by atoms with van der Waals surface area (Å²) in [6, 6.07) is 17.9. The van der Waals surface area contributed by atoms with Crippen molar-refractivity contribution in [3.8, 4) is 11.1 Å². The van der Waals surface area contributed by atoms with E-state index in [4.69, 9.17) is 17.2 Å². The van der Waals surface area contributed by atoms with E-state index in [9.17, 15) is 9.18 Å². The lowest BCUT2D eigenvalue weighted by atomic mass is 9.93. The molecule has 1 aromatic heterocycles. The first-order valence-electron chi connectivity index (χ1n) is 13.2. The smallest absolute Gasteiger partial charge is 0.219 e. The van der Waals surface area contributed by atoms with Crippen LogP contribution in [-0.2, 0) is 6.42 Å². The SMILES string of the molecule is CN1CCN(c2ccc(C=O)cc2)CC1.CN=C(N)c1cc(Cc2cccc(F)c2)c(-c2cnc(N)nc2)cc1N. The molecule has 0 spiro atoms. The third-order valence-electron chi connectivity index (χ3n) is 6.96. The molecule has 0 bridgehead atoms. The number of nitrogen functional groups attached to an aromatic ring is 2. The Hall–Kier alpha value is -4.83. The zero-order valence-corrected chi connectivity index (χ0v) is 23.3. The van der Waals surface area contributed by atoms with Gasteiger partial charge in [0, 0.05) is 73.7 Å². The monoisotopic (exact) mass is 554 g/mol. The van der Waals surface area contributed by atoms with Gasteiger partial charge in [0.15, 0.2) is 0 Å². The summed E-state index contributed by atoms with van der Waals surface area (Å²) in [6.45, 7) is 4.35. The van der Waals surface area contributed by atoms with Crippen LogP contribution in [0.15, 0.2) is 78.0 Å². The molecule has 0 atom stereocenters. The number of anilines is 3. The van der Waals surface area contributed by atoms with Gasteiger partial charge in [-0.25, -0.2) is 14.4 Å². The summed E-state index contributed by atoms with van der Waals surface area (Å²) in [7, 11) is 3.75. The van der Waals surface area contributed by atoms with Gasteiger partial charge in [0.25, 0.3) is 0 Å². The largest absolute Gasteiger partial charge is 0.398 e. The fourth-order valence-electron chi connectivity index (χ4n) is 4.59. The Morgan fingerprint density at radius 2 is 1.68 bits per heavy atom. The van der Waals surface area contributed by atoms with Gasteiger partial charge >= 0.3 is 0 Å². The molecule has 41 heavy (non-hydrogen) atoms. The highest BCUT2D eigenvalue weighted by Crippen LogP contribution is 2.30. The van der Waals surface area contributed by atoms with Crippen molar-refractivity contribution in [3.63, 3.8) is 0 Å². The first-order chi connectivity index (χ1) is 19.8. The van der Waals surface area contributed by atoms with E-state index < -0.39 is 0 Å². The van der Waals surface area contributed by atoms with Gasteiger partial charge in [0.2, 0.25) is 5.95 Å². The van der Waals surface area contributed by atoms with Crippen LogP contribution in [0.3, 0.4) is 0 Å². The van der Waals surface area contributed by atoms with E-state index in [1.54, 1.807) is 31.6 Å². The highest BCUT2D eigenvalue weighted by Gasteiger charge is 2.15. The fraction of sp³-hybridized carbons (Fsp3) is 0.226. The number of aldehydes is 1. The number of amidine groups is 1. The van der Waals surface area contributed by atoms with Crippen molar-refractivity contribution in [2.24, 2.45) is 10.7 Å². The third kappa shape index (κ3) is 7.64. The second-order valence-electron chi connectivity index (χ2n) is 9.84. The molecule has 1 saturated heterocycles. The number of hydrogen-bond donors (Lipinski definition) is 3. The summed E-state index contributed by atoms with van der Waals surface area (Å²) in [5, 5.41) is 0. The summed E-state index contributed by atoms with van der Waals surface area (Å²) < 4.78 is 13.6. The average molecular weight is 555 g/mol. The summed E-state index contributed by atoms with van der Waals surface area (Å²) in [4.78, 5) is 27.3. The number of piperazine rings is 1. The van der Waals surface area contributed by atoms with Crippen molar-refractivity contribution >= 4 is 29.4 Å². The van der Waals surface area contributed by atoms with Crippen molar-refractivity contribution < 1.29 is 9.18 Å². The number of likely N-dealkylation sites (N-methyl/N-ethyl adjacent to an activating group) is 1. The molecule has 4 aromatic rings. The fourth-order valence-corrected chi connectivity index (χ4v) is 4.59. The van der Waals surface area contributed by atoms with Crippen LogP contribution in [-0.4, -0.2) is 67.3 Å². The average Bonchev–Trinajstić information content (AvgIpc) is 2.99. The summed E-state index contributed by atoms with van der Waals surface area (Å²) in [5.41, 5.74) is 24.1. The minimum Gasteiger partial charge on any atom is -0.398 e. The zero-order chi connectivity index (χ0) is 29.4. The molecule has 1 aliphatic heterocycles. The maximum atomic E-state index is 13.6. The molecule has 212 valence electrons. The molecule has 6 N–H and O–H groups in total. The van der Waals surface area contributed by atoms with E-state index >= 15 is 0 Å². The Morgan fingerprint density at radius 1 is 1.00 bits per heavy atom. The number of nitrogens with zero attached hydrogens (tertiary/aromatic N) is 5. The second-order valence-corrected chi connectivity index (χ2v) is 9.84. The predicted octanol–water partition coefficient (Wildman–Crippen LogP) is 3.62. The van der Waals surface area contributed by atoms with Crippen LogP contribution >= 0.6 is 0 Å². The van der Waals surface area contributed by atoms with E-state index in [2.05, 4.69) is 31.8 Å². The van der Waals surface area contributed by atoms with Gasteiger partial charge in [-0.1, -0.05) is 12.1 Å². The number of halogens is 1. The molecule has 0 aliphatic carbocycles. The van der Waals surface area contributed by atoms with Gasteiger partial charge in [0.05, 0.1) is 0 Å². The molecule has 10 heteroatoms. The van der Waals surface area contributed by atoms with Gasteiger partial charge in [-0.2, -0.15) is 0 Å². The number of aromatic nitrogens is 2. The van der Waals surface area contributed by atoms with Gasteiger partial charge in [-0.15, -0.1) is 0 Å². The van der Waals surface area contributed by atoms with Crippen molar-refractivity contribution in [2.75, 3.05) is 56.6 Å². The molecule has 0 radical (unpaired) electrons. The molecule has 2 heterocycles. The molecule has 0 amide bonds. The topological polar surface area (TPSA) is 140 Å². The Bertz CT molecular complexity index is 1500. The minimum atomic E-state index is -0.287. The predicted molar refractivity (Wildman–Crippen MR) is 164 cm³/mol. The van der Waals surface area contributed by atoms with E-state index in [1.807, 2.05) is 36.4 Å². The van der Waals surface area contributed by atoms with E-state index in [1.165, 1.54) is 17.8 Å². The zero-order valence-electron chi connectivity index (χ0n) is 23.3. The number of benzene rings is 3. The summed E-state index contributed by atoms with van der Waals surface area (Å²) >= 11 is 0. The standard InChI is InChI=1S/C19H19FN6.C12H16N2O/c1-24-18(22)16-7-12(5-11-3-2-4-14(20)6-11)15(8-17(16)21)13-9-25-19(23)26-10-13;1-13-6-8-14(9-7-13)12-4-2-11(10-15)3-5-12/h2-4,6-10H,5,21H2,1H3,(H2,22,24)(H2,23,25,26);2-5,10H,6-9H2,1H3. The van der Waals surface area contributed by atoms with Gasteiger partial charge in [-0.05, 0) is 78.7 Å². The molecular weight excluding hydrogens is 519 g/mol. The van der Waals surface area contributed by atoms with Crippen LogP contribution < -0.4 is 22.1 Å². The Morgan fingerprint density at radius 3 is 2.29 bits per heavy atom. The number of nitrogens with two attached hydrogens (primary N) is 3. The van der Waals surface area contributed by atoms with Gasteiger partial charge in [0.1, 0.15) is 17.9 Å². The van der Waals surface area contributed by atoms with E-state index in [0.29, 0.717) is 23.5 Å². The number of aliphatic imine (C=N–C) groups is 1. The highest BCUT2D eigenvalue weighted by molar-refractivity contribution is 6.03. The van der Waals surface area contributed by atoms with Gasteiger partial charge in [-0.3, -0.25) is 9.79 Å². The highest BCUT2D eigenvalue weighted by atomic mass is 19.1. The summed E-state index contributed by atoms with van der Waals surface area (Å²) in [5.74, 6) is 0.237. The molecule has 3 aromatic carbocycles. The maximum absolute atomic E-state index is 13.6. The Balaban J connectivity index is 0.000000218. The van der Waals surface area contributed by atoms with Crippen LogP contribution in [0.5, 0.6) is 0 Å². The van der Waals surface area contributed by atoms with Crippen molar-refractivity contribution in [1.29, 1.82) is 0 Å². The maximum Gasteiger partial charge on any atom is 0.219 e. The molecule has 0 saturated carbocycles.